The van der Waals surface area contributed by atoms with E-state index in [1.54, 1.807) is 4.90 Å². The Bertz CT molecular complexity index is 516. The zero-order valence-electron chi connectivity index (χ0n) is 11.9. The third kappa shape index (κ3) is 3.17. The zero-order valence-corrected chi connectivity index (χ0v) is 11.9. The first-order valence-electron chi connectivity index (χ1n) is 7.38. The number of carbonyl (C=O) groups is 2. The summed E-state index contributed by atoms with van der Waals surface area (Å²) in [5.41, 5.74) is 0.957. The Hall–Kier alpha value is -2.04. The number of amides is 1. The van der Waals surface area contributed by atoms with Crippen LogP contribution < -0.4 is 0 Å². The van der Waals surface area contributed by atoms with Gasteiger partial charge in [0.25, 0.3) is 0 Å². The molecule has 2 aliphatic heterocycles. The number of hydrogen-bond acceptors (Lipinski definition) is 4. The number of ether oxygens (including phenoxy) is 2. The van der Waals surface area contributed by atoms with Crippen LogP contribution in [0.3, 0.4) is 0 Å². The monoisotopic (exact) mass is 289 g/mol. The van der Waals surface area contributed by atoms with Crippen LogP contribution in [0.25, 0.3) is 0 Å². The third-order valence-electron chi connectivity index (χ3n) is 4.12. The predicted molar refractivity (Wildman–Crippen MR) is 75.5 cm³/mol. The summed E-state index contributed by atoms with van der Waals surface area (Å²) in [6.07, 6.45) is 2.66. The molecule has 2 heterocycles. The van der Waals surface area contributed by atoms with Crippen LogP contribution >= 0.6 is 0 Å². The largest absolute Gasteiger partial charge is 0.463 e. The van der Waals surface area contributed by atoms with Crippen molar-refractivity contribution in [1.29, 1.82) is 0 Å². The van der Waals surface area contributed by atoms with E-state index < -0.39 is 0 Å². The second-order valence-corrected chi connectivity index (χ2v) is 5.57. The molecule has 2 fully saturated rings. The highest BCUT2D eigenvalue weighted by atomic mass is 16.6. The van der Waals surface area contributed by atoms with E-state index in [1.807, 2.05) is 30.3 Å². The van der Waals surface area contributed by atoms with Crippen molar-refractivity contribution < 1.29 is 19.1 Å². The van der Waals surface area contributed by atoms with Gasteiger partial charge in [-0.1, -0.05) is 30.3 Å². The molecular weight excluding hydrogens is 270 g/mol. The van der Waals surface area contributed by atoms with Gasteiger partial charge in [0.1, 0.15) is 13.2 Å². The number of fused-ring (bicyclic) bond motifs is 2. The fourth-order valence-electron chi connectivity index (χ4n) is 3.06. The first-order chi connectivity index (χ1) is 10.2. The molecule has 2 atom stereocenters. The standard InChI is InChI=1S/C16H19NO4/c18-15-9-13-7-4-8-14(11-20-15)17(13)16(19)21-10-12-5-2-1-3-6-12/h1-3,5-6,13-14H,4,7-11H2/t13-,14+/m1/s1. The quantitative estimate of drug-likeness (QED) is 0.785. The molecular formula is C16H19NO4. The molecule has 1 aromatic carbocycles. The van der Waals surface area contributed by atoms with Gasteiger partial charge in [-0.05, 0) is 24.8 Å². The van der Waals surface area contributed by atoms with Crippen molar-refractivity contribution >= 4 is 12.1 Å². The normalized spacial score (nSPS) is 25.0. The Morgan fingerprint density at radius 1 is 1.24 bits per heavy atom. The lowest BCUT2D eigenvalue weighted by atomic mass is 9.95. The van der Waals surface area contributed by atoms with Crippen molar-refractivity contribution in [3.05, 3.63) is 35.9 Å². The molecule has 0 unspecified atom stereocenters. The van der Waals surface area contributed by atoms with Gasteiger partial charge in [-0.2, -0.15) is 0 Å². The molecule has 5 heteroatoms. The molecule has 112 valence electrons. The van der Waals surface area contributed by atoms with Gasteiger partial charge in [0.05, 0.1) is 12.5 Å². The molecule has 2 saturated heterocycles. The second-order valence-electron chi connectivity index (χ2n) is 5.57. The van der Waals surface area contributed by atoms with Gasteiger partial charge >= 0.3 is 12.1 Å². The predicted octanol–water partition coefficient (Wildman–Crippen LogP) is 2.49. The van der Waals surface area contributed by atoms with Gasteiger partial charge in [-0.3, -0.25) is 9.69 Å². The van der Waals surface area contributed by atoms with E-state index in [1.165, 1.54) is 0 Å². The number of piperidine rings is 1. The van der Waals surface area contributed by atoms with Crippen LogP contribution in [0.5, 0.6) is 0 Å². The average Bonchev–Trinajstić information content (AvgIpc) is 2.60. The van der Waals surface area contributed by atoms with E-state index >= 15 is 0 Å². The first-order valence-corrected chi connectivity index (χ1v) is 7.38. The Labute approximate surface area is 123 Å². The summed E-state index contributed by atoms with van der Waals surface area (Å²) in [5.74, 6) is -0.217. The number of hydrogen-bond donors (Lipinski definition) is 0. The summed E-state index contributed by atoms with van der Waals surface area (Å²) < 4.78 is 10.6. The average molecular weight is 289 g/mol. The van der Waals surface area contributed by atoms with E-state index in [4.69, 9.17) is 9.47 Å². The minimum atomic E-state index is -0.341. The molecule has 5 nitrogen and oxygen atoms in total. The van der Waals surface area contributed by atoms with Crippen LogP contribution in [0.15, 0.2) is 30.3 Å². The van der Waals surface area contributed by atoms with Crippen LogP contribution in [0.2, 0.25) is 0 Å². The van der Waals surface area contributed by atoms with Crippen molar-refractivity contribution in [3.63, 3.8) is 0 Å². The number of carbonyl (C=O) groups excluding carboxylic acids is 2. The highest BCUT2D eigenvalue weighted by Crippen LogP contribution is 2.29. The van der Waals surface area contributed by atoms with Crippen molar-refractivity contribution in [3.8, 4) is 0 Å². The fourth-order valence-corrected chi connectivity index (χ4v) is 3.06. The first kappa shape index (κ1) is 13.9. The summed E-state index contributed by atoms with van der Waals surface area (Å²) >= 11 is 0. The molecule has 0 aromatic heterocycles. The molecule has 0 radical (unpaired) electrons. The molecule has 1 amide bonds. The van der Waals surface area contributed by atoms with E-state index in [9.17, 15) is 9.59 Å². The fraction of sp³-hybridized carbons (Fsp3) is 0.500. The minimum absolute atomic E-state index is 0.0431. The van der Waals surface area contributed by atoms with Crippen LogP contribution in [-0.2, 0) is 20.9 Å². The molecule has 0 aliphatic carbocycles. The molecule has 2 bridgehead atoms. The Balaban J connectivity index is 1.66. The topological polar surface area (TPSA) is 55.8 Å². The summed E-state index contributed by atoms with van der Waals surface area (Å²) in [7, 11) is 0. The number of cyclic esters (lactones) is 1. The third-order valence-corrected chi connectivity index (χ3v) is 4.12. The highest BCUT2D eigenvalue weighted by molar-refractivity contribution is 5.74. The number of nitrogens with zero attached hydrogens (tertiary/aromatic N) is 1. The van der Waals surface area contributed by atoms with E-state index in [2.05, 4.69) is 0 Å². The molecule has 1 aromatic rings. The summed E-state index contributed by atoms with van der Waals surface area (Å²) in [5, 5.41) is 0. The van der Waals surface area contributed by atoms with Gasteiger partial charge < -0.3 is 9.47 Å². The maximum Gasteiger partial charge on any atom is 0.410 e. The Kier molecular flexibility index (Phi) is 4.08. The summed E-state index contributed by atoms with van der Waals surface area (Å²) in [4.78, 5) is 25.7. The van der Waals surface area contributed by atoms with E-state index in [0.29, 0.717) is 0 Å². The van der Waals surface area contributed by atoms with Gasteiger partial charge in [0, 0.05) is 6.04 Å². The van der Waals surface area contributed by atoms with E-state index in [0.717, 1.165) is 24.8 Å². The molecule has 21 heavy (non-hydrogen) atoms. The van der Waals surface area contributed by atoms with Gasteiger partial charge in [0.2, 0.25) is 0 Å². The number of esters is 1. The van der Waals surface area contributed by atoms with Gasteiger partial charge in [0.15, 0.2) is 0 Å². The summed E-state index contributed by atoms with van der Waals surface area (Å²) in [6, 6.07) is 9.47. The number of rotatable bonds is 2. The van der Waals surface area contributed by atoms with Gasteiger partial charge in [-0.25, -0.2) is 4.79 Å². The minimum Gasteiger partial charge on any atom is -0.463 e. The smallest absolute Gasteiger partial charge is 0.410 e. The van der Waals surface area contributed by atoms with Crippen LogP contribution in [-0.4, -0.2) is 35.7 Å². The lowest BCUT2D eigenvalue weighted by molar-refractivity contribution is -0.143. The molecule has 0 spiro atoms. The van der Waals surface area contributed by atoms with Crippen LogP contribution in [0, 0.1) is 0 Å². The maximum absolute atomic E-state index is 12.4. The Morgan fingerprint density at radius 3 is 2.81 bits per heavy atom. The van der Waals surface area contributed by atoms with E-state index in [-0.39, 0.29) is 43.8 Å². The molecule has 2 aliphatic rings. The molecule has 3 rings (SSSR count). The zero-order chi connectivity index (χ0) is 14.7. The SMILES string of the molecule is O=C1C[C@H]2CCC[C@@H](CO1)N2C(=O)OCc1ccccc1. The molecule has 0 saturated carbocycles. The van der Waals surface area contributed by atoms with Crippen LogP contribution in [0.1, 0.15) is 31.2 Å². The van der Waals surface area contributed by atoms with Crippen molar-refractivity contribution in [2.75, 3.05) is 6.61 Å². The molecule has 0 N–H and O–H groups in total. The van der Waals surface area contributed by atoms with Crippen molar-refractivity contribution in [2.24, 2.45) is 0 Å². The van der Waals surface area contributed by atoms with Crippen LogP contribution in [0.4, 0.5) is 4.79 Å². The summed E-state index contributed by atoms with van der Waals surface area (Å²) in [6.45, 7) is 0.542. The highest BCUT2D eigenvalue weighted by Gasteiger charge is 2.39. The Morgan fingerprint density at radius 2 is 2.00 bits per heavy atom. The lowest BCUT2D eigenvalue weighted by Crippen LogP contribution is -2.50. The van der Waals surface area contributed by atoms with Crippen molar-refractivity contribution in [1.82, 2.24) is 4.90 Å². The van der Waals surface area contributed by atoms with Crippen molar-refractivity contribution in [2.45, 2.75) is 44.4 Å². The maximum atomic E-state index is 12.4. The number of benzene rings is 1. The van der Waals surface area contributed by atoms with Gasteiger partial charge in [-0.15, -0.1) is 0 Å². The second kappa shape index (κ2) is 6.16. The lowest BCUT2D eigenvalue weighted by Gasteiger charge is -2.38.